The van der Waals surface area contributed by atoms with E-state index < -0.39 is 7.81 Å². The molecule has 10 heteroatoms. The third-order valence-electron chi connectivity index (χ3n) is 2.64. The molecule has 0 unspecified atom stereocenters. The summed E-state index contributed by atoms with van der Waals surface area (Å²) in [4.78, 5) is 2.22. The number of hydrogen-bond acceptors (Lipinski definition) is 0. The van der Waals surface area contributed by atoms with Crippen molar-refractivity contribution >= 4 is 24.7 Å². The molecule has 0 bridgehead atoms. The topological polar surface area (TPSA) is 6.25 Å². The van der Waals surface area contributed by atoms with Crippen LogP contribution in [0.5, 0.6) is 0 Å². The van der Waals surface area contributed by atoms with Gasteiger partial charge in [-0.2, -0.15) is 0 Å². The average Bonchev–Trinajstić information content (AvgIpc) is 2.27. The van der Waals surface area contributed by atoms with Gasteiger partial charge >= 0.3 is 38.3 Å². The molecule has 0 aromatic rings. The van der Waals surface area contributed by atoms with E-state index >= 15 is 0 Å². The molecule has 0 aromatic heterocycles. The van der Waals surface area contributed by atoms with E-state index in [4.69, 9.17) is 11.6 Å². The molecule has 1 saturated heterocycles. The van der Waals surface area contributed by atoms with Crippen molar-refractivity contribution in [3.05, 3.63) is 0 Å². The van der Waals surface area contributed by atoms with Crippen molar-refractivity contribution in [3.8, 4) is 0 Å². The van der Waals surface area contributed by atoms with Gasteiger partial charge in [-0.15, -0.1) is 0 Å². The van der Waals surface area contributed by atoms with Crippen molar-refractivity contribution in [2.75, 3.05) is 26.2 Å². The second-order valence-electron chi connectivity index (χ2n) is 4.45. The monoisotopic (exact) mass is 348 g/mol. The van der Waals surface area contributed by atoms with Crippen LogP contribution in [0.4, 0.5) is 25.2 Å². The van der Waals surface area contributed by atoms with Crippen molar-refractivity contribution in [2.24, 2.45) is 0 Å². The Balaban J connectivity index is 0.000000441. The summed E-state index contributed by atoms with van der Waals surface area (Å²) in [5.41, 5.74) is 0. The van der Waals surface area contributed by atoms with Gasteiger partial charge in [0, 0.05) is 11.6 Å². The van der Waals surface area contributed by atoms with Gasteiger partial charge in [0.15, 0.2) is 0 Å². The van der Waals surface area contributed by atoms with E-state index in [1.165, 1.54) is 19.3 Å². The van der Waals surface area contributed by atoms with Crippen LogP contribution in [0.15, 0.2) is 0 Å². The van der Waals surface area contributed by atoms with Crippen LogP contribution >= 0.6 is 19.4 Å². The van der Waals surface area contributed by atoms with E-state index in [0.29, 0.717) is 0 Å². The van der Waals surface area contributed by atoms with Gasteiger partial charge in [-0.3, -0.25) is 9.48 Å². The summed E-state index contributed by atoms with van der Waals surface area (Å²) in [7, 11) is -10.7. The minimum absolute atomic E-state index is 0.949. The molecule has 0 spiro atoms. The van der Waals surface area contributed by atoms with Gasteiger partial charge in [-0.25, -0.2) is 0 Å². The van der Waals surface area contributed by atoms with Gasteiger partial charge in [0.1, 0.15) is 0 Å². The normalized spacial score (nSPS) is 19.4. The van der Waals surface area contributed by atoms with Crippen LogP contribution in [0.3, 0.4) is 0 Å². The fraction of sp³-hybridized carbons (Fsp3) is 0.900. The van der Waals surface area contributed by atoms with Gasteiger partial charge < -0.3 is 0 Å². The summed E-state index contributed by atoms with van der Waals surface area (Å²) in [6, 6.07) is 0. The number of piperidine rings is 1. The number of hydrogen-bond donors (Lipinski definition) is 0. The van der Waals surface area contributed by atoms with E-state index in [1.54, 1.807) is 0 Å². The van der Waals surface area contributed by atoms with Gasteiger partial charge in [0.05, 0.1) is 26.2 Å². The molecule has 1 aliphatic rings. The minimum atomic E-state index is -10.7. The van der Waals surface area contributed by atoms with Crippen molar-refractivity contribution in [1.82, 2.24) is 4.90 Å². The van der Waals surface area contributed by atoms with E-state index in [0.717, 1.165) is 31.5 Å². The zero-order valence-electron chi connectivity index (χ0n) is 11.4. The molecule has 1 heterocycles. The molecule has 1 rings (SSSR count). The molecule has 0 N–H and O–H groups in total. The van der Waals surface area contributed by atoms with Crippen LogP contribution in [0.2, 0.25) is 0 Å². The Morgan fingerprint density at radius 3 is 1.60 bits per heavy atom. The first-order valence-corrected chi connectivity index (χ1v) is 8.74. The molecule has 0 saturated carbocycles. The van der Waals surface area contributed by atoms with E-state index in [1.807, 2.05) is 0 Å². The molecule has 0 aliphatic carbocycles. The number of halogens is 7. The van der Waals surface area contributed by atoms with Crippen LogP contribution in [0, 0.1) is 0 Å². The van der Waals surface area contributed by atoms with Crippen LogP contribution in [-0.2, 0) is 0 Å². The molecular formula is C10H20ClF6N2P. The van der Waals surface area contributed by atoms with Crippen molar-refractivity contribution in [1.29, 1.82) is 0 Å². The second-order valence-corrected chi connectivity index (χ2v) is 6.70. The first-order chi connectivity index (χ1) is 8.74. The number of rotatable bonds is 2. The Bertz CT molecular complexity index is 329. The average molecular weight is 349 g/mol. The fourth-order valence-electron chi connectivity index (χ4n) is 1.76. The molecule has 20 heavy (non-hydrogen) atoms. The second kappa shape index (κ2) is 6.26. The molecule has 0 atom stereocenters. The van der Waals surface area contributed by atoms with Crippen LogP contribution in [0.1, 0.15) is 33.1 Å². The zero-order chi connectivity index (χ0) is 16.1. The number of nitrogens with zero attached hydrogens (tertiary/aromatic N) is 2. The van der Waals surface area contributed by atoms with E-state index in [-0.39, 0.29) is 0 Å². The molecule has 1 fully saturated rings. The summed E-state index contributed by atoms with van der Waals surface area (Å²) in [5.74, 6) is 0. The summed E-state index contributed by atoms with van der Waals surface area (Å²) in [6.07, 6.45) is 3.94. The maximum absolute atomic E-state index is 10.7. The van der Waals surface area contributed by atoms with Crippen molar-refractivity contribution in [3.63, 3.8) is 0 Å². The van der Waals surface area contributed by atoms with Crippen molar-refractivity contribution < 1.29 is 29.8 Å². The predicted octanol–water partition coefficient (Wildman–Crippen LogP) is 5.50. The Hall–Kier alpha value is -0.230. The summed E-state index contributed by atoms with van der Waals surface area (Å²) < 4.78 is 61.5. The standard InChI is InChI=1S/C10H20ClN2.F6P/c1-3-12(4-2)10(11)13-8-6-5-7-9-13;1-7(2,3,4,5)6/h3-9H2,1-2H3;/q+1;-1. The first-order valence-electron chi connectivity index (χ1n) is 6.33. The van der Waals surface area contributed by atoms with Gasteiger partial charge in [0.2, 0.25) is 0 Å². The third-order valence-corrected chi connectivity index (χ3v) is 3.12. The van der Waals surface area contributed by atoms with Crippen LogP contribution in [0.25, 0.3) is 0 Å². The molecule has 124 valence electrons. The third kappa shape index (κ3) is 12.8. The maximum atomic E-state index is 9.87. The predicted molar refractivity (Wildman–Crippen MR) is 71.2 cm³/mol. The first kappa shape index (κ1) is 19.8. The molecule has 1 aliphatic heterocycles. The molecule has 0 radical (unpaired) electrons. The molecule has 0 aromatic carbocycles. The Kier molecular flexibility index (Phi) is 6.19. The Labute approximate surface area is 119 Å². The fourth-order valence-corrected chi connectivity index (χ4v) is 2.17. The van der Waals surface area contributed by atoms with Gasteiger partial charge in [-0.05, 0) is 33.1 Å². The van der Waals surface area contributed by atoms with Gasteiger partial charge in [0.25, 0.3) is 0 Å². The van der Waals surface area contributed by atoms with Crippen LogP contribution in [-0.4, -0.2) is 40.9 Å². The Morgan fingerprint density at radius 2 is 1.30 bits per heavy atom. The summed E-state index contributed by atoms with van der Waals surface area (Å²) in [5, 5.41) is 0.949. The SMILES string of the molecule is CCN(CC)C(Cl)=[N+]1CCCCC1.F[P-](F)(F)(F)(F)F. The summed E-state index contributed by atoms with van der Waals surface area (Å²) in [6.45, 7) is 8.58. The molecule has 2 nitrogen and oxygen atoms in total. The van der Waals surface area contributed by atoms with E-state index in [2.05, 4.69) is 23.3 Å². The quantitative estimate of drug-likeness (QED) is 0.210. The molecular weight excluding hydrogens is 329 g/mol. The Morgan fingerprint density at radius 1 is 0.950 bits per heavy atom. The summed E-state index contributed by atoms with van der Waals surface area (Å²) >= 11 is 6.29. The van der Waals surface area contributed by atoms with Gasteiger partial charge in [-0.1, -0.05) is 0 Å². The van der Waals surface area contributed by atoms with Crippen molar-refractivity contribution in [2.45, 2.75) is 33.1 Å². The molecule has 0 amide bonds. The van der Waals surface area contributed by atoms with E-state index in [9.17, 15) is 25.2 Å². The number of amidine groups is 1. The zero-order valence-corrected chi connectivity index (χ0v) is 13.1. The van der Waals surface area contributed by atoms with Crippen LogP contribution < -0.4 is 0 Å².